The molecule has 0 saturated carbocycles. The van der Waals surface area contributed by atoms with Crippen molar-refractivity contribution >= 4 is 44.6 Å². The number of hydrogen-bond donors (Lipinski definition) is 1. The van der Waals surface area contributed by atoms with Crippen LogP contribution in [-0.2, 0) is 10.2 Å². The quantitative estimate of drug-likeness (QED) is 0.321. The number of fused-ring (bicyclic) bond motifs is 1. The number of anilines is 1. The molecule has 3 aromatic carbocycles. The van der Waals surface area contributed by atoms with Gasteiger partial charge in [-0.15, -0.1) is 0 Å². The van der Waals surface area contributed by atoms with Gasteiger partial charge in [0.2, 0.25) is 0 Å². The van der Waals surface area contributed by atoms with Gasteiger partial charge in [-0.3, -0.25) is 9.59 Å². The van der Waals surface area contributed by atoms with Crippen LogP contribution in [0.1, 0.15) is 32.2 Å². The highest BCUT2D eigenvalue weighted by Crippen LogP contribution is 2.23. The average molecular weight is 551 g/mol. The van der Waals surface area contributed by atoms with E-state index in [0.29, 0.717) is 33.7 Å². The van der Waals surface area contributed by atoms with Crippen LogP contribution in [0.4, 0.5) is 10.1 Å². The summed E-state index contributed by atoms with van der Waals surface area (Å²) in [5.41, 5.74) is 0.742. The van der Waals surface area contributed by atoms with Crippen molar-refractivity contribution in [3.63, 3.8) is 0 Å². The number of rotatable bonds is 6. The number of para-hydroxylation sites is 1. The molecule has 4 rings (SSSR count). The molecule has 0 saturated heterocycles. The Morgan fingerprint density at radius 1 is 1.14 bits per heavy atom. The maximum atomic E-state index is 13.4. The molecule has 0 aliphatic rings. The average Bonchev–Trinajstić information content (AvgIpc) is 2.82. The maximum Gasteiger partial charge on any atom is 0.282 e. The highest BCUT2D eigenvalue weighted by atomic mass is 79.9. The molecular weight excluding hydrogens is 527 g/mol. The molecule has 1 aromatic heterocycles. The van der Waals surface area contributed by atoms with Crippen LogP contribution in [0.15, 0.2) is 81.1 Å². The summed E-state index contributed by atoms with van der Waals surface area (Å²) in [5.74, 6) is 0.0162. The summed E-state index contributed by atoms with van der Waals surface area (Å²) >= 11 is 3.41. The third-order valence-corrected chi connectivity index (χ3v) is 5.67. The Labute approximate surface area is 215 Å². The normalized spacial score (nSPS) is 11.7. The molecule has 36 heavy (non-hydrogen) atoms. The second-order valence-corrected chi connectivity index (χ2v) is 10.0. The van der Waals surface area contributed by atoms with Gasteiger partial charge in [0.15, 0.2) is 6.61 Å². The first-order chi connectivity index (χ1) is 17.1. The van der Waals surface area contributed by atoms with E-state index >= 15 is 0 Å². The fourth-order valence-corrected chi connectivity index (χ4v) is 3.85. The Bertz CT molecular complexity index is 1530. The van der Waals surface area contributed by atoms with E-state index in [1.54, 1.807) is 42.5 Å². The van der Waals surface area contributed by atoms with Crippen molar-refractivity contribution in [2.75, 3.05) is 11.9 Å². The highest BCUT2D eigenvalue weighted by molar-refractivity contribution is 9.10. The predicted molar refractivity (Wildman–Crippen MR) is 142 cm³/mol. The SMILES string of the molecule is CC(C)(C)c1nc2ccc(Br)cc2c(=O)n1N=Cc1ccccc1OCC(=O)Nc1cccc(F)c1. The molecule has 0 spiro atoms. The van der Waals surface area contributed by atoms with Crippen LogP contribution in [0.25, 0.3) is 10.9 Å². The second-order valence-electron chi connectivity index (χ2n) is 9.09. The number of amides is 1. The predicted octanol–water partition coefficient (Wildman–Crippen LogP) is 5.50. The van der Waals surface area contributed by atoms with Gasteiger partial charge in [-0.05, 0) is 48.5 Å². The Morgan fingerprint density at radius 2 is 1.92 bits per heavy atom. The van der Waals surface area contributed by atoms with Crippen LogP contribution in [0.5, 0.6) is 5.75 Å². The van der Waals surface area contributed by atoms with Crippen molar-refractivity contribution in [1.82, 2.24) is 9.66 Å². The molecular formula is C27H24BrFN4O3. The smallest absolute Gasteiger partial charge is 0.282 e. The summed E-state index contributed by atoms with van der Waals surface area (Å²) < 4.78 is 21.1. The van der Waals surface area contributed by atoms with E-state index in [9.17, 15) is 14.0 Å². The lowest BCUT2D eigenvalue weighted by molar-refractivity contribution is -0.118. The van der Waals surface area contributed by atoms with Crippen LogP contribution < -0.4 is 15.6 Å². The number of nitrogens with zero attached hydrogens (tertiary/aromatic N) is 3. The first kappa shape index (κ1) is 25.2. The molecule has 0 aliphatic heterocycles. The lowest BCUT2D eigenvalue weighted by Gasteiger charge is -2.21. The number of aromatic nitrogens is 2. The minimum absolute atomic E-state index is 0.292. The van der Waals surface area contributed by atoms with E-state index in [1.807, 2.05) is 26.8 Å². The lowest BCUT2D eigenvalue weighted by Crippen LogP contribution is -2.29. The Morgan fingerprint density at radius 3 is 2.67 bits per heavy atom. The molecule has 0 bridgehead atoms. The number of benzene rings is 3. The molecule has 1 heterocycles. The minimum Gasteiger partial charge on any atom is -0.483 e. The van der Waals surface area contributed by atoms with Gasteiger partial charge in [-0.2, -0.15) is 9.78 Å². The van der Waals surface area contributed by atoms with Gasteiger partial charge in [0.25, 0.3) is 11.5 Å². The number of ether oxygens (including phenoxy) is 1. The summed E-state index contributed by atoms with van der Waals surface area (Å²) in [7, 11) is 0. The first-order valence-electron chi connectivity index (χ1n) is 11.2. The molecule has 4 aromatic rings. The van der Waals surface area contributed by atoms with Crippen LogP contribution in [0.3, 0.4) is 0 Å². The van der Waals surface area contributed by atoms with Crippen molar-refractivity contribution in [2.24, 2.45) is 5.10 Å². The molecule has 184 valence electrons. The van der Waals surface area contributed by atoms with Gasteiger partial charge in [0, 0.05) is 21.1 Å². The van der Waals surface area contributed by atoms with Crippen LogP contribution in [-0.4, -0.2) is 28.4 Å². The number of nitrogens with one attached hydrogen (secondary N) is 1. The van der Waals surface area contributed by atoms with Gasteiger partial charge in [0.05, 0.1) is 17.1 Å². The summed E-state index contributed by atoms with van der Waals surface area (Å²) in [6, 6.07) is 18.0. The Kier molecular flexibility index (Phi) is 7.30. The van der Waals surface area contributed by atoms with Crippen molar-refractivity contribution in [1.29, 1.82) is 0 Å². The van der Waals surface area contributed by atoms with E-state index in [2.05, 4.69) is 26.3 Å². The van der Waals surface area contributed by atoms with Crippen LogP contribution in [0.2, 0.25) is 0 Å². The zero-order valence-electron chi connectivity index (χ0n) is 20.0. The molecule has 0 unspecified atom stereocenters. The molecule has 0 fully saturated rings. The largest absolute Gasteiger partial charge is 0.483 e. The van der Waals surface area contributed by atoms with E-state index in [1.165, 1.54) is 29.1 Å². The summed E-state index contributed by atoms with van der Waals surface area (Å²) in [4.78, 5) is 30.3. The number of halogens is 2. The summed E-state index contributed by atoms with van der Waals surface area (Å²) in [5, 5.41) is 7.49. The van der Waals surface area contributed by atoms with Gasteiger partial charge >= 0.3 is 0 Å². The lowest BCUT2D eigenvalue weighted by atomic mass is 9.95. The first-order valence-corrected chi connectivity index (χ1v) is 12.0. The zero-order chi connectivity index (χ0) is 25.9. The monoisotopic (exact) mass is 550 g/mol. The van der Waals surface area contributed by atoms with Crippen LogP contribution in [0, 0.1) is 5.82 Å². The van der Waals surface area contributed by atoms with Gasteiger partial charge < -0.3 is 10.1 Å². The summed E-state index contributed by atoms with van der Waals surface area (Å²) in [6.07, 6.45) is 1.50. The van der Waals surface area contributed by atoms with Gasteiger partial charge in [-0.25, -0.2) is 9.37 Å². The van der Waals surface area contributed by atoms with Gasteiger partial charge in [0.1, 0.15) is 17.4 Å². The topological polar surface area (TPSA) is 85.6 Å². The van der Waals surface area contributed by atoms with E-state index in [-0.39, 0.29) is 12.2 Å². The standard InChI is InChI=1S/C27H24BrFN4O3/c1-27(2,3)26-32-22-12-11-18(28)13-21(22)25(35)33(26)30-15-17-7-4-5-10-23(17)36-16-24(34)31-20-9-6-8-19(29)14-20/h4-15H,16H2,1-3H3,(H,31,34). The molecule has 0 radical (unpaired) electrons. The zero-order valence-corrected chi connectivity index (χ0v) is 21.5. The molecule has 0 aliphatic carbocycles. The third kappa shape index (κ3) is 5.85. The van der Waals surface area contributed by atoms with E-state index in [4.69, 9.17) is 9.72 Å². The number of hydrogen-bond acceptors (Lipinski definition) is 5. The highest BCUT2D eigenvalue weighted by Gasteiger charge is 2.23. The van der Waals surface area contributed by atoms with Crippen molar-refractivity contribution < 1.29 is 13.9 Å². The molecule has 1 N–H and O–H groups in total. The summed E-state index contributed by atoms with van der Waals surface area (Å²) in [6.45, 7) is 5.58. The molecule has 9 heteroatoms. The van der Waals surface area contributed by atoms with E-state index < -0.39 is 17.1 Å². The maximum absolute atomic E-state index is 13.4. The number of carbonyl (C=O) groups excluding carboxylic acids is 1. The van der Waals surface area contributed by atoms with Crippen molar-refractivity contribution in [3.8, 4) is 5.75 Å². The van der Waals surface area contributed by atoms with Crippen molar-refractivity contribution in [3.05, 3.63) is 98.8 Å². The molecule has 0 atom stereocenters. The van der Waals surface area contributed by atoms with E-state index in [0.717, 1.165) is 4.47 Å². The molecule has 7 nitrogen and oxygen atoms in total. The fourth-order valence-electron chi connectivity index (χ4n) is 3.49. The van der Waals surface area contributed by atoms with Gasteiger partial charge in [-0.1, -0.05) is 54.9 Å². The minimum atomic E-state index is -0.456. The molecule has 1 amide bonds. The van der Waals surface area contributed by atoms with Crippen LogP contribution >= 0.6 is 15.9 Å². The van der Waals surface area contributed by atoms with Crippen molar-refractivity contribution in [2.45, 2.75) is 26.2 Å². The Hall–Kier alpha value is -3.85. The Balaban J connectivity index is 1.62. The second kappa shape index (κ2) is 10.4. The number of carbonyl (C=O) groups is 1. The fraction of sp³-hybridized carbons (Fsp3) is 0.185. The third-order valence-electron chi connectivity index (χ3n) is 5.18.